The molecule has 1 aliphatic carbocycles. The molecule has 0 bridgehead atoms. The summed E-state index contributed by atoms with van der Waals surface area (Å²) in [5, 5.41) is 7.02. The molecule has 0 aliphatic heterocycles. The summed E-state index contributed by atoms with van der Waals surface area (Å²) >= 11 is 1.81. The van der Waals surface area contributed by atoms with Gasteiger partial charge in [0.1, 0.15) is 6.54 Å². The van der Waals surface area contributed by atoms with Crippen LogP contribution in [0.3, 0.4) is 0 Å². The quantitative estimate of drug-likeness (QED) is 0.813. The lowest BCUT2D eigenvalue weighted by atomic mass is 9.96. The second-order valence-electron chi connectivity index (χ2n) is 4.68. The average molecular weight is 224 g/mol. The highest BCUT2D eigenvalue weighted by molar-refractivity contribution is 7.07. The number of thiophene rings is 1. The van der Waals surface area contributed by atoms with Crippen LogP contribution in [0.1, 0.15) is 50.5 Å². The molecule has 1 heterocycles. The van der Waals surface area contributed by atoms with Gasteiger partial charge < -0.3 is 5.32 Å². The van der Waals surface area contributed by atoms with Crippen molar-refractivity contribution in [3.05, 3.63) is 22.4 Å². The van der Waals surface area contributed by atoms with Crippen molar-refractivity contribution in [3.8, 4) is 0 Å². The van der Waals surface area contributed by atoms with Gasteiger partial charge in [-0.1, -0.05) is 19.3 Å². The fraction of sp³-hybridized carbons (Fsp3) is 0.692. The second-order valence-corrected chi connectivity index (χ2v) is 5.46. The van der Waals surface area contributed by atoms with Gasteiger partial charge in [-0.2, -0.15) is 11.3 Å². The van der Waals surface area contributed by atoms with Crippen LogP contribution in [-0.4, -0.2) is 6.04 Å². The maximum atomic E-state index is 2.56. The van der Waals surface area contributed by atoms with Crippen LogP contribution in [-0.2, 0) is 6.54 Å². The molecule has 0 amide bonds. The first-order chi connectivity index (χ1) is 7.45. The van der Waals surface area contributed by atoms with Crippen molar-refractivity contribution in [3.63, 3.8) is 0 Å². The first-order valence-corrected chi connectivity index (χ1v) is 7.24. The number of rotatable bonds is 3. The lowest BCUT2D eigenvalue weighted by molar-refractivity contribution is -0.705. The highest BCUT2D eigenvalue weighted by Gasteiger charge is 2.13. The van der Waals surface area contributed by atoms with E-state index >= 15 is 0 Å². The van der Waals surface area contributed by atoms with E-state index in [-0.39, 0.29) is 0 Å². The van der Waals surface area contributed by atoms with E-state index in [4.69, 9.17) is 0 Å². The third-order valence-electron chi connectivity index (χ3n) is 3.42. The largest absolute Gasteiger partial charge is 0.340 e. The highest BCUT2D eigenvalue weighted by Crippen LogP contribution is 2.15. The molecule has 2 N–H and O–H groups in total. The first-order valence-electron chi connectivity index (χ1n) is 6.29. The molecule has 1 aromatic heterocycles. The van der Waals surface area contributed by atoms with E-state index in [1.54, 1.807) is 0 Å². The molecule has 1 saturated carbocycles. The molecule has 0 radical (unpaired) electrons. The zero-order valence-corrected chi connectivity index (χ0v) is 10.3. The van der Waals surface area contributed by atoms with Gasteiger partial charge in [0.2, 0.25) is 0 Å². The van der Waals surface area contributed by atoms with Crippen LogP contribution in [0.25, 0.3) is 0 Å². The Morgan fingerprint density at radius 2 is 1.87 bits per heavy atom. The van der Waals surface area contributed by atoms with Crippen molar-refractivity contribution in [2.45, 2.75) is 57.5 Å². The van der Waals surface area contributed by atoms with Gasteiger partial charge in [-0.3, -0.25) is 0 Å². The Morgan fingerprint density at radius 3 is 2.53 bits per heavy atom. The normalized spacial score (nSPS) is 19.7. The van der Waals surface area contributed by atoms with Crippen molar-refractivity contribution >= 4 is 11.3 Å². The van der Waals surface area contributed by atoms with Gasteiger partial charge in [0.05, 0.1) is 6.04 Å². The van der Waals surface area contributed by atoms with Crippen LogP contribution < -0.4 is 5.32 Å². The van der Waals surface area contributed by atoms with Crippen molar-refractivity contribution in [2.24, 2.45) is 0 Å². The van der Waals surface area contributed by atoms with Gasteiger partial charge >= 0.3 is 0 Å². The van der Waals surface area contributed by atoms with E-state index in [1.165, 1.54) is 57.1 Å². The van der Waals surface area contributed by atoms with Gasteiger partial charge in [-0.15, -0.1) is 0 Å². The summed E-state index contributed by atoms with van der Waals surface area (Å²) in [7, 11) is 0. The zero-order chi connectivity index (χ0) is 10.3. The molecule has 1 aromatic rings. The van der Waals surface area contributed by atoms with E-state index in [2.05, 4.69) is 22.1 Å². The van der Waals surface area contributed by atoms with Crippen LogP contribution in [0.15, 0.2) is 16.8 Å². The summed E-state index contributed by atoms with van der Waals surface area (Å²) in [6.45, 7) is 1.19. The fourth-order valence-corrected chi connectivity index (χ4v) is 3.12. The highest BCUT2D eigenvalue weighted by atomic mass is 32.1. The minimum atomic E-state index is 0.894. The third kappa shape index (κ3) is 3.96. The Kier molecular flexibility index (Phi) is 4.68. The third-order valence-corrected chi connectivity index (χ3v) is 4.15. The number of nitrogens with two attached hydrogens (primary N) is 1. The molecule has 1 aliphatic rings. The van der Waals surface area contributed by atoms with E-state index < -0.39 is 0 Å². The molecule has 0 aromatic carbocycles. The van der Waals surface area contributed by atoms with Gasteiger partial charge in [0, 0.05) is 5.56 Å². The van der Waals surface area contributed by atoms with Gasteiger partial charge in [0.25, 0.3) is 0 Å². The van der Waals surface area contributed by atoms with Crippen molar-refractivity contribution in [1.29, 1.82) is 0 Å². The van der Waals surface area contributed by atoms with Crippen molar-refractivity contribution in [2.75, 3.05) is 0 Å². The predicted octanol–water partition coefficient (Wildman–Crippen LogP) is 2.92. The molecule has 0 spiro atoms. The summed E-state index contributed by atoms with van der Waals surface area (Å²) in [6, 6.07) is 3.15. The number of hydrogen-bond donors (Lipinski definition) is 1. The van der Waals surface area contributed by atoms with E-state index in [0.29, 0.717) is 0 Å². The Labute approximate surface area is 96.9 Å². The molecule has 15 heavy (non-hydrogen) atoms. The van der Waals surface area contributed by atoms with E-state index in [9.17, 15) is 0 Å². The fourth-order valence-electron chi connectivity index (χ4n) is 2.43. The molecular weight excluding hydrogens is 202 g/mol. The Morgan fingerprint density at radius 1 is 1.13 bits per heavy atom. The monoisotopic (exact) mass is 224 g/mol. The van der Waals surface area contributed by atoms with Crippen LogP contribution in [0.5, 0.6) is 0 Å². The minimum absolute atomic E-state index is 0.894. The summed E-state index contributed by atoms with van der Waals surface area (Å²) in [5.74, 6) is 0. The van der Waals surface area contributed by atoms with Gasteiger partial charge in [-0.25, -0.2) is 0 Å². The van der Waals surface area contributed by atoms with E-state index in [1.807, 2.05) is 11.3 Å². The smallest absolute Gasteiger partial charge is 0.102 e. The molecule has 2 heteroatoms. The van der Waals surface area contributed by atoms with Gasteiger partial charge in [0.15, 0.2) is 0 Å². The molecule has 0 saturated heterocycles. The summed E-state index contributed by atoms with van der Waals surface area (Å²) in [6.07, 6.45) is 10.2. The molecule has 0 atom stereocenters. The SMILES string of the molecule is c1cc(C[NH2+]C2CCCCCCC2)cs1. The lowest BCUT2D eigenvalue weighted by Gasteiger charge is -2.17. The van der Waals surface area contributed by atoms with Crippen LogP contribution in [0.2, 0.25) is 0 Å². The maximum Gasteiger partial charge on any atom is 0.102 e. The van der Waals surface area contributed by atoms with E-state index in [0.717, 1.165) is 6.04 Å². The second kappa shape index (κ2) is 6.29. The average Bonchev–Trinajstić information content (AvgIpc) is 2.68. The molecule has 1 nitrogen and oxygen atoms in total. The predicted molar refractivity (Wildman–Crippen MR) is 66.1 cm³/mol. The molecular formula is C13H22NS+. The Balaban J connectivity index is 1.72. The number of quaternary nitrogens is 1. The topological polar surface area (TPSA) is 16.6 Å². The molecule has 0 unspecified atom stereocenters. The Bertz CT molecular complexity index is 248. The minimum Gasteiger partial charge on any atom is -0.340 e. The zero-order valence-electron chi connectivity index (χ0n) is 9.45. The summed E-state index contributed by atoms with van der Waals surface area (Å²) in [4.78, 5) is 0. The standard InChI is InChI=1S/C13H21NS/c1-2-4-6-13(7-5-3-1)14-10-12-8-9-15-11-12/h8-9,11,13-14H,1-7,10H2/p+1. The van der Waals surface area contributed by atoms with Gasteiger partial charge in [-0.05, 0) is 42.5 Å². The van der Waals surface area contributed by atoms with Crippen molar-refractivity contribution < 1.29 is 5.32 Å². The summed E-state index contributed by atoms with van der Waals surface area (Å²) in [5.41, 5.74) is 1.50. The lowest BCUT2D eigenvalue weighted by Crippen LogP contribution is -2.88. The molecule has 1 fully saturated rings. The summed E-state index contributed by atoms with van der Waals surface area (Å²) < 4.78 is 0. The van der Waals surface area contributed by atoms with Crippen LogP contribution in [0, 0.1) is 0 Å². The first kappa shape index (κ1) is 11.2. The van der Waals surface area contributed by atoms with Crippen LogP contribution >= 0.6 is 11.3 Å². The van der Waals surface area contributed by atoms with Crippen LogP contribution in [0.4, 0.5) is 0 Å². The maximum absolute atomic E-state index is 2.56. The van der Waals surface area contributed by atoms with Crippen molar-refractivity contribution in [1.82, 2.24) is 0 Å². The Hall–Kier alpha value is -0.340. The molecule has 2 rings (SSSR count). The molecule has 84 valence electrons. The number of hydrogen-bond acceptors (Lipinski definition) is 1.